The van der Waals surface area contributed by atoms with E-state index < -0.39 is 17.9 Å². The van der Waals surface area contributed by atoms with Crippen LogP contribution in [-0.4, -0.2) is 16.5 Å². The van der Waals surface area contributed by atoms with Crippen LogP contribution in [0.1, 0.15) is 12.0 Å². The molecule has 122 valence electrons. The number of allylic oxidation sites excluding steroid dienone is 4. The van der Waals surface area contributed by atoms with Crippen molar-refractivity contribution in [3.8, 4) is 0 Å². The van der Waals surface area contributed by atoms with Gasteiger partial charge < -0.3 is 0 Å². The second-order valence-electron chi connectivity index (χ2n) is 8.34. The molecule has 0 N–H and O–H groups in total. The summed E-state index contributed by atoms with van der Waals surface area (Å²) in [4.78, 5) is 1.27. The molecule has 0 aromatic heterocycles. The highest BCUT2D eigenvalue weighted by atomic mass is 32.2. The summed E-state index contributed by atoms with van der Waals surface area (Å²) in [6.45, 7) is 8.86. The largest absolute Gasteiger partial charge is 0.219 e. The number of fused-ring (bicyclic) bond motifs is 5. The number of hydrogen-bond acceptors (Lipinski definition) is 2. The number of benzene rings is 1. The lowest BCUT2D eigenvalue weighted by molar-refractivity contribution is 0.372. The van der Waals surface area contributed by atoms with Gasteiger partial charge >= 0.3 is 0 Å². The highest BCUT2D eigenvalue weighted by Gasteiger charge is 2.60. The molecule has 1 saturated carbocycles. The number of sulfone groups is 1. The normalized spacial score (nSPS) is 32.2. The maximum Gasteiger partial charge on any atom is 0.202 e. The molecular formula is C19H24O2SSi. The van der Waals surface area contributed by atoms with Crippen molar-refractivity contribution in [3.63, 3.8) is 0 Å². The molecule has 4 atom stereocenters. The third-order valence-corrected chi connectivity index (χ3v) is 10.2. The molecule has 4 unspecified atom stereocenters. The molecule has 3 aliphatic rings. The lowest BCUT2D eigenvalue weighted by Crippen LogP contribution is -2.46. The van der Waals surface area contributed by atoms with Gasteiger partial charge in [0.1, 0.15) is 0 Å². The first-order chi connectivity index (χ1) is 10.7. The van der Waals surface area contributed by atoms with E-state index in [0.717, 1.165) is 16.9 Å². The van der Waals surface area contributed by atoms with Crippen molar-refractivity contribution in [2.24, 2.45) is 23.7 Å². The van der Waals surface area contributed by atoms with Crippen molar-refractivity contribution in [2.45, 2.75) is 37.9 Å². The van der Waals surface area contributed by atoms with Crippen LogP contribution in [0.5, 0.6) is 0 Å². The maximum atomic E-state index is 13.3. The molecule has 0 amide bonds. The number of hydrogen-bond donors (Lipinski definition) is 0. The first kappa shape index (κ1) is 15.4. The Morgan fingerprint density at radius 1 is 0.957 bits per heavy atom. The summed E-state index contributed by atoms with van der Waals surface area (Å²) in [6.07, 6.45) is 5.75. The van der Waals surface area contributed by atoms with Crippen molar-refractivity contribution in [1.29, 1.82) is 0 Å². The zero-order chi connectivity index (χ0) is 16.6. The van der Waals surface area contributed by atoms with Gasteiger partial charge in [-0.05, 0) is 43.2 Å². The molecule has 0 radical (unpaired) electrons. The minimum Gasteiger partial charge on any atom is -0.219 e. The van der Waals surface area contributed by atoms with Crippen LogP contribution in [0.3, 0.4) is 0 Å². The van der Waals surface area contributed by atoms with E-state index in [1.54, 1.807) is 12.1 Å². The predicted octanol–water partition coefficient (Wildman–Crippen LogP) is 4.35. The summed E-state index contributed by atoms with van der Waals surface area (Å²) in [7, 11) is -4.99. The molecule has 4 heteroatoms. The average molecular weight is 345 g/mol. The molecule has 1 aromatic rings. The summed E-state index contributed by atoms with van der Waals surface area (Å²) in [5, 5.41) is 1.32. The van der Waals surface area contributed by atoms with Crippen molar-refractivity contribution in [3.05, 3.63) is 52.1 Å². The fourth-order valence-corrected chi connectivity index (χ4v) is 10.3. The van der Waals surface area contributed by atoms with E-state index >= 15 is 0 Å². The molecule has 4 rings (SSSR count). The third kappa shape index (κ3) is 2.07. The van der Waals surface area contributed by atoms with E-state index in [9.17, 15) is 8.42 Å². The van der Waals surface area contributed by atoms with E-state index in [4.69, 9.17) is 0 Å². The molecule has 1 fully saturated rings. The molecule has 3 aliphatic carbocycles. The molecule has 2 bridgehead atoms. The van der Waals surface area contributed by atoms with Crippen LogP contribution in [-0.2, 0) is 9.84 Å². The van der Waals surface area contributed by atoms with Gasteiger partial charge in [-0.3, -0.25) is 0 Å². The van der Waals surface area contributed by atoms with Crippen LogP contribution in [0.2, 0.25) is 19.6 Å². The van der Waals surface area contributed by atoms with Crippen molar-refractivity contribution in [1.82, 2.24) is 0 Å². The molecule has 0 spiro atoms. The molecule has 1 aromatic carbocycles. The topological polar surface area (TPSA) is 34.1 Å². The fourth-order valence-electron chi connectivity index (χ4n) is 4.86. The van der Waals surface area contributed by atoms with Crippen molar-refractivity contribution in [2.75, 3.05) is 0 Å². The smallest absolute Gasteiger partial charge is 0.202 e. The zero-order valence-electron chi connectivity index (χ0n) is 14.2. The summed E-state index contributed by atoms with van der Waals surface area (Å²) >= 11 is 0. The van der Waals surface area contributed by atoms with Crippen molar-refractivity contribution < 1.29 is 8.42 Å². The summed E-state index contributed by atoms with van der Waals surface area (Å²) < 4.78 is 26.7. The zero-order valence-corrected chi connectivity index (χ0v) is 16.0. The van der Waals surface area contributed by atoms with Crippen LogP contribution in [0.15, 0.2) is 51.4 Å². The van der Waals surface area contributed by atoms with Gasteiger partial charge in [-0.1, -0.05) is 54.7 Å². The van der Waals surface area contributed by atoms with Gasteiger partial charge in [0.15, 0.2) is 0 Å². The van der Waals surface area contributed by atoms with E-state index in [0.29, 0.717) is 22.6 Å². The SMILES string of the molecule is Cc1ccc(S(=O)(=O)C2=C([Si](C)(C)C)C3C4C=CC(C4)C23)cc1. The first-order valence-corrected chi connectivity index (χ1v) is 13.4. The van der Waals surface area contributed by atoms with E-state index in [1.165, 1.54) is 5.20 Å². The Bertz CT molecular complexity index is 825. The number of aryl methyl sites for hydroxylation is 1. The number of rotatable bonds is 3. The van der Waals surface area contributed by atoms with E-state index in [2.05, 4.69) is 31.8 Å². The van der Waals surface area contributed by atoms with Gasteiger partial charge in [-0.2, -0.15) is 0 Å². The second-order valence-corrected chi connectivity index (χ2v) is 15.3. The Kier molecular flexibility index (Phi) is 3.15. The van der Waals surface area contributed by atoms with Gasteiger partial charge in [0, 0.05) is 10.8 Å². The molecular weight excluding hydrogens is 320 g/mol. The Morgan fingerprint density at radius 2 is 1.52 bits per heavy atom. The first-order valence-electron chi connectivity index (χ1n) is 8.46. The third-order valence-electron chi connectivity index (χ3n) is 5.79. The molecule has 0 aliphatic heterocycles. The Balaban J connectivity index is 1.87. The van der Waals surface area contributed by atoms with E-state index in [1.807, 2.05) is 19.1 Å². The standard InChI is InChI=1S/C19H24O2SSi/c1-12-5-9-15(10-6-12)22(20,21)18-16-13-7-8-14(11-13)17(16)19(18)23(2,3)4/h5-10,13-14,16-17H,11H2,1-4H3. The molecule has 2 nitrogen and oxygen atoms in total. The van der Waals surface area contributed by atoms with Crippen LogP contribution in [0.4, 0.5) is 0 Å². The lowest BCUT2D eigenvalue weighted by Gasteiger charge is -2.47. The van der Waals surface area contributed by atoms with Gasteiger partial charge in [-0.25, -0.2) is 8.42 Å². The average Bonchev–Trinajstić information content (AvgIpc) is 2.94. The van der Waals surface area contributed by atoms with Crippen molar-refractivity contribution >= 4 is 17.9 Å². The highest BCUT2D eigenvalue weighted by Crippen LogP contribution is 2.64. The maximum absolute atomic E-state index is 13.3. The van der Waals surface area contributed by atoms with Gasteiger partial charge in [0.2, 0.25) is 9.84 Å². The van der Waals surface area contributed by atoms with Crippen LogP contribution >= 0.6 is 0 Å². The minimum atomic E-state index is -3.35. The Labute approximate surface area is 140 Å². The van der Waals surface area contributed by atoms with Crippen LogP contribution in [0.25, 0.3) is 0 Å². The molecule has 0 heterocycles. The van der Waals surface area contributed by atoms with Gasteiger partial charge in [0.25, 0.3) is 0 Å². The fraction of sp³-hybridized carbons (Fsp3) is 0.474. The summed E-state index contributed by atoms with van der Waals surface area (Å²) in [5.41, 5.74) is 1.10. The Hall–Kier alpha value is -1.13. The van der Waals surface area contributed by atoms with E-state index in [-0.39, 0.29) is 5.92 Å². The summed E-state index contributed by atoms with van der Waals surface area (Å²) in [5.74, 6) is 1.79. The minimum absolute atomic E-state index is 0.248. The van der Waals surface area contributed by atoms with Crippen LogP contribution < -0.4 is 0 Å². The lowest BCUT2D eigenvalue weighted by atomic mass is 9.74. The molecule has 23 heavy (non-hydrogen) atoms. The van der Waals surface area contributed by atoms with Crippen LogP contribution in [0, 0.1) is 30.6 Å². The van der Waals surface area contributed by atoms with Gasteiger partial charge in [0.05, 0.1) is 13.0 Å². The Morgan fingerprint density at radius 3 is 2.09 bits per heavy atom. The predicted molar refractivity (Wildman–Crippen MR) is 96.5 cm³/mol. The van der Waals surface area contributed by atoms with Gasteiger partial charge in [-0.15, -0.1) is 0 Å². The second kappa shape index (κ2) is 4.70. The summed E-state index contributed by atoms with van der Waals surface area (Å²) in [6, 6.07) is 7.35. The molecule has 0 saturated heterocycles. The monoisotopic (exact) mass is 344 g/mol. The quantitative estimate of drug-likeness (QED) is 0.603. The highest BCUT2D eigenvalue weighted by molar-refractivity contribution is 7.95.